The van der Waals surface area contributed by atoms with Crippen molar-refractivity contribution in [1.29, 1.82) is 0 Å². The number of nitrogens with zero attached hydrogens (tertiary/aromatic N) is 3. The fourth-order valence-corrected chi connectivity index (χ4v) is 1.77. The van der Waals surface area contributed by atoms with E-state index < -0.39 is 0 Å². The predicted molar refractivity (Wildman–Crippen MR) is 69.1 cm³/mol. The Bertz CT molecular complexity index is 485. The number of hydrogen-bond acceptors (Lipinski definition) is 3. The molecule has 0 aliphatic rings. The van der Waals surface area contributed by atoms with Gasteiger partial charge in [-0.3, -0.25) is 0 Å². The third-order valence-electron chi connectivity index (χ3n) is 2.79. The summed E-state index contributed by atoms with van der Waals surface area (Å²) in [5.41, 5.74) is 2.62. The monoisotopic (exact) mass is 230 g/mol. The Morgan fingerprint density at radius 2 is 1.88 bits per heavy atom. The topological polar surface area (TPSA) is 42.7 Å². The Morgan fingerprint density at radius 1 is 1.18 bits per heavy atom. The van der Waals surface area contributed by atoms with Crippen molar-refractivity contribution >= 4 is 5.95 Å². The Kier molecular flexibility index (Phi) is 3.42. The number of rotatable bonds is 4. The molecule has 2 aromatic rings. The maximum absolute atomic E-state index is 4.40. The third-order valence-corrected chi connectivity index (χ3v) is 2.79. The molecular formula is C13H18N4. The second-order valence-electron chi connectivity index (χ2n) is 4.21. The van der Waals surface area contributed by atoms with E-state index in [1.165, 1.54) is 11.1 Å². The molecule has 2 rings (SSSR count). The molecule has 0 saturated heterocycles. The fraction of sp³-hybridized carbons (Fsp3) is 0.385. The highest BCUT2D eigenvalue weighted by atomic mass is 15.4. The minimum atomic E-state index is 0.809. The Balaban J connectivity index is 1.99. The van der Waals surface area contributed by atoms with Crippen LogP contribution in [0.2, 0.25) is 0 Å². The minimum absolute atomic E-state index is 0.809. The van der Waals surface area contributed by atoms with Crippen molar-refractivity contribution in [1.82, 2.24) is 14.8 Å². The SMILES string of the molecule is CNc1nc(CCc2ccc(C)cc2)nn1C. The lowest BCUT2D eigenvalue weighted by Gasteiger charge is -1.99. The van der Waals surface area contributed by atoms with Gasteiger partial charge in [-0.1, -0.05) is 29.8 Å². The first-order valence-corrected chi connectivity index (χ1v) is 5.82. The van der Waals surface area contributed by atoms with Crippen LogP contribution in [-0.2, 0) is 19.9 Å². The van der Waals surface area contributed by atoms with Gasteiger partial charge in [0.15, 0.2) is 5.82 Å². The van der Waals surface area contributed by atoms with Crippen molar-refractivity contribution in [3.63, 3.8) is 0 Å². The molecular weight excluding hydrogens is 212 g/mol. The van der Waals surface area contributed by atoms with Crippen molar-refractivity contribution in [2.24, 2.45) is 7.05 Å². The molecule has 0 atom stereocenters. The van der Waals surface area contributed by atoms with Crippen LogP contribution in [-0.4, -0.2) is 21.8 Å². The Hall–Kier alpha value is -1.84. The summed E-state index contributed by atoms with van der Waals surface area (Å²) in [5, 5.41) is 7.37. The van der Waals surface area contributed by atoms with Crippen LogP contribution in [0.5, 0.6) is 0 Å². The van der Waals surface area contributed by atoms with Crippen LogP contribution in [0.15, 0.2) is 24.3 Å². The molecule has 4 heteroatoms. The van der Waals surface area contributed by atoms with E-state index in [1.807, 2.05) is 14.1 Å². The zero-order chi connectivity index (χ0) is 12.3. The van der Waals surface area contributed by atoms with Gasteiger partial charge in [0.1, 0.15) is 0 Å². The molecule has 0 saturated carbocycles. The van der Waals surface area contributed by atoms with Crippen LogP contribution in [0, 0.1) is 6.92 Å². The predicted octanol–water partition coefficient (Wildman–Crippen LogP) is 1.95. The van der Waals surface area contributed by atoms with Gasteiger partial charge in [0.2, 0.25) is 5.95 Å². The van der Waals surface area contributed by atoms with Crippen molar-refractivity contribution in [2.45, 2.75) is 19.8 Å². The van der Waals surface area contributed by atoms with Crippen molar-refractivity contribution in [3.05, 3.63) is 41.2 Å². The number of benzene rings is 1. The van der Waals surface area contributed by atoms with E-state index in [1.54, 1.807) is 4.68 Å². The molecule has 4 nitrogen and oxygen atoms in total. The number of anilines is 1. The molecule has 0 aliphatic heterocycles. The van der Waals surface area contributed by atoms with E-state index in [0.29, 0.717) is 0 Å². The van der Waals surface area contributed by atoms with E-state index in [2.05, 4.69) is 46.6 Å². The Morgan fingerprint density at radius 3 is 2.47 bits per heavy atom. The summed E-state index contributed by atoms with van der Waals surface area (Å²) >= 11 is 0. The highest BCUT2D eigenvalue weighted by molar-refractivity contribution is 5.24. The van der Waals surface area contributed by atoms with E-state index >= 15 is 0 Å². The standard InChI is InChI=1S/C13H18N4/c1-10-4-6-11(7-5-10)8-9-12-15-13(14-2)17(3)16-12/h4-7H,8-9H2,1-3H3,(H,14,15,16). The maximum atomic E-state index is 4.40. The lowest BCUT2D eigenvalue weighted by molar-refractivity contribution is 0.741. The molecule has 0 amide bonds. The maximum Gasteiger partial charge on any atom is 0.220 e. The molecule has 90 valence electrons. The lowest BCUT2D eigenvalue weighted by atomic mass is 10.1. The zero-order valence-electron chi connectivity index (χ0n) is 10.6. The molecule has 0 fully saturated rings. The quantitative estimate of drug-likeness (QED) is 0.873. The molecule has 0 radical (unpaired) electrons. The van der Waals surface area contributed by atoms with E-state index in [9.17, 15) is 0 Å². The van der Waals surface area contributed by atoms with E-state index in [4.69, 9.17) is 0 Å². The van der Waals surface area contributed by atoms with Gasteiger partial charge in [0.25, 0.3) is 0 Å². The first-order chi connectivity index (χ1) is 8.19. The molecule has 17 heavy (non-hydrogen) atoms. The average Bonchev–Trinajstić information content (AvgIpc) is 2.69. The largest absolute Gasteiger partial charge is 0.358 e. The Labute approximate surface area is 102 Å². The van der Waals surface area contributed by atoms with Crippen LogP contribution in [0.3, 0.4) is 0 Å². The van der Waals surface area contributed by atoms with Gasteiger partial charge in [0.05, 0.1) is 0 Å². The summed E-state index contributed by atoms with van der Waals surface area (Å²) < 4.78 is 1.77. The van der Waals surface area contributed by atoms with Crippen molar-refractivity contribution < 1.29 is 0 Å². The third kappa shape index (κ3) is 2.84. The van der Waals surface area contributed by atoms with Gasteiger partial charge in [-0.05, 0) is 18.9 Å². The van der Waals surface area contributed by atoms with Gasteiger partial charge in [-0.15, -0.1) is 0 Å². The highest BCUT2D eigenvalue weighted by Crippen LogP contribution is 2.08. The summed E-state index contributed by atoms with van der Waals surface area (Å²) in [6, 6.07) is 8.61. The average molecular weight is 230 g/mol. The highest BCUT2D eigenvalue weighted by Gasteiger charge is 2.05. The van der Waals surface area contributed by atoms with Crippen LogP contribution in [0.4, 0.5) is 5.95 Å². The number of hydrogen-bond donors (Lipinski definition) is 1. The number of nitrogens with one attached hydrogen (secondary N) is 1. The van der Waals surface area contributed by atoms with Gasteiger partial charge in [-0.2, -0.15) is 10.1 Å². The van der Waals surface area contributed by atoms with Gasteiger partial charge < -0.3 is 5.32 Å². The normalized spacial score (nSPS) is 10.5. The first kappa shape index (κ1) is 11.6. The van der Waals surface area contributed by atoms with Gasteiger partial charge >= 0.3 is 0 Å². The van der Waals surface area contributed by atoms with Crippen molar-refractivity contribution in [2.75, 3.05) is 12.4 Å². The first-order valence-electron chi connectivity index (χ1n) is 5.82. The summed E-state index contributed by atoms with van der Waals surface area (Å²) in [5.74, 6) is 1.70. The molecule has 1 aromatic carbocycles. The van der Waals surface area contributed by atoms with Crippen LogP contribution < -0.4 is 5.32 Å². The van der Waals surface area contributed by atoms with Gasteiger partial charge in [0, 0.05) is 20.5 Å². The van der Waals surface area contributed by atoms with E-state index in [-0.39, 0.29) is 0 Å². The number of aromatic nitrogens is 3. The van der Waals surface area contributed by atoms with Crippen LogP contribution in [0.1, 0.15) is 17.0 Å². The summed E-state index contributed by atoms with van der Waals surface area (Å²) in [6.07, 6.45) is 1.85. The molecule has 1 aromatic heterocycles. The smallest absolute Gasteiger partial charge is 0.220 e. The molecule has 1 N–H and O–H groups in total. The van der Waals surface area contributed by atoms with Crippen molar-refractivity contribution in [3.8, 4) is 0 Å². The summed E-state index contributed by atoms with van der Waals surface area (Å²) in [4.78, 5) is 4.40. The van der Waals surface area contributed by atoms with Crippen LogP contribution >= 0.6 is 0 Å². The second kappa shape index (κ2) is 4.99. The molecule has 0 bridgehead atoms. The molecule has 0 aliphatic carbocycles. The number of aryl methyl sites for hydroxylation is 4. The summed E-state index contributed by atoms with van der Waals surface area (Å²) in [7, 11) is 3.75. The molecule has 1 heterocycles. The zero-order valence-corrected chi connectivity index (χ0v) is 10.6. The molecule has 0 unspecified atom stereocenters. The lowest BCUT2D eigenvalue weighted by Crippen LogP contribution is -1.99. The van der Waals surface area contributed by atoms with Gasteiger partial charge in [-0.25, -0.2) is 4.68 Å². The van der Waals surface area contributed by atoms with Crippen LogP contribution in [0.25, 0.3) is 0 Å². The summed E-state index contributed by atoms with van der Waals surface area (Å²) in [6.45, 7) is 2.10. The fourth-order valence-electron chi connectivity index (χ4n) is 1.77. The second-order valence-corrected chi connectivity index (χ2v) is 4.21. The van der Waals surface area contributed by atoms with E-state index in [0.717, 1.165) is 24.6 Å². The molecule has 0 spiro atoms. The minimum Gasteiger partial charge on any atom is -0.358 e.